The molecule has 0 atom stereocenters. The second-order valence-corrected chi connectivity index (χ2v) is 6.62. The van der Waals surface area contributed by atoms with E-state index in [0.29, 0.717) is 12.3 Å². The highest BCUT2D eigenvalue weighted by Gasteiger charge is 2.32. The Morgan fingerprint density at radius 2 is 1.88 bits per heavy atom. The molecule has 0 saturated carbocycles. The van der Waals surface area contributed by atoms with E-state index in [0.717, 1.165) is 18.2 Å². The number of H-pyrrole nitrogens is 1. The van der Waals surface area contributed by atoms with Crippen LogP contribution in [0.5, 0.6) is 0 Å². The van der Waals surface area contributed by atoms with Crippen LogP contribution in [-0.4, -0.2) is 18.3 Å². The summed E-state index contributed by atoms with van der Waals surface area (Å²) in [7, 11) is -4.42. The van der Waals surface area contributed by atoms with E-state index in [2.05, 4.69) is 0 Å². The molecular formula is C13H10F3N3O5S. The first-order valence-electron chi connectivity index (χ1n) is 6.49. The fraction of sp³-hybridized carbons (Fsp3) is 0.154. The molecule has 0 amide bonds. The Morgan fingerprint density at radius 1 is 1.24 bits per heavy atom. The van der Waals surface area contributed by atoms with Crippen LogP contribution in [0.3, 0.4) is 0 Å². The van der Waals surface area contributed by atoms with Crippen molar-refractivity contribution in [1.82, 2.24) is 4.98 Å². The number of nitrogens with zero attached hydrogens (tertiary/aromatic N) is 1. The smallest absolute Gasteiger partial charge is 0.327 e. The van der Waals surface area contributed by atoms with E-state index in [1.54, 1.807) is 9.71 Å². The predicted octanol–water partition coefficient (Wildman–Crippen LogP) is 2.41. The van der Waals surface area contributed by atoms with Crippen LogP contribution in [0.1, 0.15) is 11.1 Å². The molecule has 0 aliphatic heterocycles. The summed E-state index contributed by atoms with van der Waals surface area (Å²) < 4.78 is 64.2. The van der Waals surface area contributed by atoms with Gasteiger partial charge in [-0.05, 0) is 25.1 Å². The minimum absolute atomic E-state index is 0.0332. The van der Waals surface area contributed by atoms with Gasteiger partial charge in [-0.2, -0.15) is 13.2 Å². The summed E-state index contributed by atoms with van der Waals surface area (Å²) in [6.45, 7) is 1.30. The van der Waals surface area contributed by atoms with Gasteiger partial charge in [0.1, 0.15) is 5.69 Å². The zero-order valence-corrected chi connectivity index (χ0v) is 13.2. The average molecular weight is 377 g/mol. The molecule has 0 radical (unpaired) electrons. The van der Waals surface area contributed by atoms with E-state index in [-0.39, 0.29) is 11.3 Å². The largest absolute Gasteiger partial charge is 0.417 e. The van der Waals surface area contributed by atoms with Crippen LogP contribution < -0.4 is 10.3 Å². The third-order valence-electron chi connectivity index (χ3n) is 3.15. The Bertz CT molecular complexity index is 999. The van der Waals surface area contributed by atoms with Crippen LogP contribution in [0, 0.1) is 17.0 Å². The number of hydrogen-bond donors (Lipinski definition) is 2. The van der Waals surface area contributed by atoms with Gasteiger partial charge in [0.2, 0.25) is 0 Å². The summed E-state index contributed by atoms with van der Waals surface area (Å²) >= 11 is 0. The van der Waals surface area contributed by atoms with Gasteiger partial charge in [-0.1, -0.05) is 0 Å². The van der Waals surface area contributed by atoms with Crippen LogP contribution in [0.4, 0.5) is 24.5 Å². The van der Waals surface area contributed by atoms with Crippen molar-refractivity contribution in [3.8, 4) is 0 Å². The molecule has 12 heteroatoms. The van der Waals surface area contributed by atoms with E-state index < -0.39 is 42.8 Å². The van der Waals surface area contributed by atoms with Crippen LogP contribution >= 0.6 is 0 Å². The number of pyridine rings is 1. The van der Waals surface area contributed by atoms with E-state index in [1.807, 2.05) is 0 Å². The zero-order valence-electron chi connectivity index (χ0n) is 12.4. The maximum Gasteiger partial charge on any atom is 0.417 e. The van der Waals surface area contributed by atoms with Gasteiger partial charge in [0.15, 0.2) is 0 Å². The van der Waals surface area contributed by atoms with Gasteiger partial charge in [0.05, 0.1) is 15.4 Å². The Kier molecular flexibility index (Phi) is 4.57. The van der Waals surface area contributed by atoms with Gasteiger partial charge >= 0.3 is 6.18 Å². The molecule has 0 aliphatic rings. The van der Waals surface area contributed by atoms with Gasteiger partial charge in [-0.3, -0.25) is 19.6 Å². The lowest BCUT2D eigenvalue weighted by Crippen LogP contribution is -2.22. The number of aryl methyl sites for hydroxylation is 1. The fourth-order valence-electron chi connectivity index (χ4n) is 1.93. The highest BCUT2D eigenvalue weighted by atomic mass is 32.2. The number of nitro benzene ring substituents is 1. The number of benzene rings is 1. The minimum atomic E-state index is -4.78. The molecule has 2 rings (SSSR count). The molecule has 2 aromatic rings. The Hall–Kier alpha value is -2.89. The van der Waals surface area contributed by atoms with E-state index >= 15 is 0 Å². The molecule has 0 spiro atoms. The maximum absolute atomic E-state index is 12.7. The summed E-state index contributed by atoms with van der Waals surface area (Å²) in [5.41, 5.74) is -3.44. The molecule has 0 bridgehead atoms. The van der Waals surface area contributed by atoms with Crippen molar-refractivity contribution in [2.45, 2.75) is 18.0 Å². The molecular weight excluding hydrogens is 367 g/mol. The number of aromatic amines is 1. The van der Waals surface area contributed by atoms with Gasteiger partial charge in [0.25, 0.3) is 21.3 Å². The Morgan fingerprint density at radius 3 is 2.40 bits per heavy atom. The predicted molar refractivity (Wildman–Crippen MR) is 80.7 cm³/mol. The molecule has 0 unspecified atom stereocenters. The Balaban J connectivity index is 2.45. The lowest BCUT2D eigenvalue weighted by Gasteiger charge is -2.11. The summed E-state index contributed by atoms with van der Waals surface area (Å²) in [4.78, 5) is 23.0. The van der Waals surface area contributed by atoms with Crippen molar-refractivity contribution >= 4 is 21.4 Å². The van der Waals surface area contributed by atoms with Crippen LogP contribution in [0.15, 0.2) is 40.2 Å². The molecule has 134 valence electrons. The number of hydrogen-bond acceptors (Lipinski definition) is 5. The fourth-order valence-corrected chi connectivity index (χ4v) is 3.06. The third kappa shape index (κ3) is 3.96. The minimum Gasteiger partial charge on any atom is -0.327 e. The van der Waals surface area contributed by atoms with Crippen molar-refractivity contribution in [2.24, 2.45) is 0 Å². The number of nitrogens with one attached hydrogen (secondary N) is 2. The van der Waals surface area contributed by atoms with Crippen molar-refractivity contribution in [1.29, 1.82) is 0 Å². The van der Waals surface area contributed by atoms with Crippen LogP contribution in [-0.2, 0) is 16.2 Å². The lowest BCUT2D eigenvalue weighted by atomic mass is 10.2. The number of rotatable bonds is 4. The first-order chi connectivity index (χ1) is 11.4. The topological polar surface area (TPSA) is 122 Å². The summed E-state index contributed by atoms with van der Waals surface area (Å²) in [6, 6.07) is 3.19. The zero-order chi connectivity index (χ0) is 19.0. The van der Waals surface area contributed by atoms with E-state index in [1.165, 1.54) is 6.92 Å². The standard InChI is InChI=1S/C13H10F3N3O5S/c1-7-4-9(2-3-11(7)19(21)22)25(23,24)18-10-5-8(13(14,15)16)6-17-12(10)20/h2-6,18H,1H3,(H,17,20). The molecule has 0 fully saturated rings. The first kappa shape index (κ1) is 18.4. The monoisotopic (exact) mass is 377 g/mol. The second-order valence-electron chi connectivity index (χ2n) is 4.94. The molecule has 8 nitrogen and oxygen atoms in total. The number of halogens is 3. The highest BCUT2D eigenvalue weighted by molar-refractivity contribution is 7.92. The van der Waals surface area contributed by atoms with Crippen molar-refractivity contribution in [2.75, 3.05) is 4.72 Å². The number of nitro groups is 1. The van der Waals surface area contributed by atoms with Gasteiger partial charge in [0, 0.05) is 17.8 Å². The van der Waals surface area contributed by atoms with E-state index in [9.17, 15) is 36.5 Å². The number of anilines is 1. The SMILES string of the molecule is Cc1cc(S(=O)(=O)Nc2cc(C(F)(F)F)c[nH]c2=O)ccc1[N+](=O)[O-]. The lowest BCUT2D eigenvalue weighted by molar-refractivity contribution is -0.385. The highest BCUT2D eigenvalue weighted by Crippen LogP contribution is 2.29. The van der Waals surface area contributed by atoms with Crippen molar-refractivity contribution in [3.63, 3.8) is 0 Å². The molecule has 1 heterocycles. The Labute approximate surface area is 138 Å². The first-order valence-corrected chi connectivity index (χ1v) is 7.98. The quantitative estimate of drug-likeness (QED) is 0.626. The van der Waals surface area contributed by atoms with Crippen molar-refractivity contribution in [3.05, 3.63) is 62.1 Å². The molecule has 2 N–H and O–H groups in total. The van der Waals surface area contributed by atoms with Gasteiger partial charge in [-0.15, -0.1) is 0 Å². The molecule has 25 heavy (non-hydrogen) atoms. The van der Waals surface area contributed by atoms with Crippen LogP contribution in [0.2, 0.25) is 0 Å². The number of alkyl halides is 3. The maximum atomic E-state index is 12.7. The summed E-state index contributed by atoms with van der Waals surface area (Å²) in [6.07, 6.45) is -4.37. The summed E-state index contributed by atoms with van der Waals surface area (Å²) in [5, 5.41) is 10.7. The third-order valence-corrected chi connectivity index (χ3v) is 4.51. The normalized spacial score (nSPS) is 12.0. The van der Waals surface area contributed by atoms with Gasteiger partial charge in [-0.25, -0.2) is 8.42 Å². The second kappa shape index (κ2) is 6.20. The average Bonchev–Trinajstić information content (AvgIpc) is 2.47. The molecule has 1 aromatic heterocycles. The van der Waals surface area contributed by atoms with E-state index in [4.69, 9.17) is 0 Å². The van der Waals surface area contributed by atoms with Crippen molar-refractivity contribution < 1.29 is 26.5 Å². The van der Waals surface area contributed by atoms with Crippen LogP contribution in [0.25, 0.3) is 0 Å². The molecule has 0 aliphatic carbocycles. The van der Waals surface area contributed by atoms with Gasteiger partial charge < -0.3 is 4.98 Å². The summed E-state index contributed by atoms with van der Waals surface area (Å²) in [5.74, 6) is 0. The molecule has 1 aromatic carbocycles. The number of aromatic nitrogens is 1. The molecule has 0 saturated heterocycles. The number of sulfonamides is 1.